The number of alkyl halides is 1. The number of benzene rings is 1. The first-order chi connectivity index (χ1) is 8.90. The molecule has 1 amide bonds. The number of ketones is 1. The number of hydrogen-bond acceptors (Lipinski definition) is 3. The second kappa shape index (κ2) is 4.85. The van der Waals surface area contributed by atoms with Crippen LogP contribution in [0.5, 0.6) is 5.75 Å². The molecule has 1 aromatic rings. The smallest absolute Gasteiger partial charge is 0.270 e. The number of halogens is 1. The van der Waals surface area contributed by atoms with Crippen LogP contribution in [0, 0.1) is 0 Å². The number of carbonyl (C=O) groups is 2. The molecule has 1 heterocycles. The van der Waals surface area contributed by atoms with Gasteiger partial charge in [-0.25, -0.2) is 0 Å². The summed E-state index contributed by atoms with van der Waals surface area (Å²) in [7, 11) is 0. The van der Waals surface area contributed by atoms with E-state index in [1.54, 1.807) is 36.9 Å². The predicted molar refractivity (Wildman–Crippen MR) is 74.2 cm³/mol. The van der Waals surface area contributed by atoms with Crippen molar-refractivity contribution in [3.8, 4) is 5.75 Å². The van der Waals surface area contributed by atoms with Crippen LogP contribution < -0.4 is 9.64 Å². The monoisotopic (exact) mass is 281 g/mol. The minimum absolute atomic E-state index is 0.0782. The molecule has 5 heteroatoms. The fraction of sp³-hybridized carbons (Fsp3) is 0.429. The lowest BCUT2D eigenvalue weighted by Gasteiger charge is -2.38. The molecule has 0 atom stereocenters. The number of ether oxygens (including phenoxy) is 1. The van der Waals surface area contributed by atoms with Crippen molar-refractivity contribution in [2.45, 2.75) is 26.4 Å². The van der Waals surface area contributed by atoms with E-state index in [1.807, 2.05) is 6.92 Å². The van der Waals surface area contributed by atoms with Gasteiger partial charge in [0.25, 0.3) is 5.91 Å². The average molecular weight is 282 g/mol. The molecule has 0 N–H and O–H groups in total. The largest absolute Gasteiger partial charge is 0.476 e. The first-order valence-corrected chi connectivity index (χ1v) is 6.68. The third-order valence-corrected chi connectivity index (χ3v) is 3.38. The second-order valence-corrected chi connectivity index (χ2v) is 5.17. The van der Waals surface area contributed by atoms with Gasteiger partial charge in [-0.15, -0.1) is 11.6 Å². The van der Waals surface area contributed by atoms with Gasteiger partial charge in [0.2, 0.25) is 0 Å². The number of carbonyl (C=O) groups excluding carboxylic acids is 2. The van der Waals surface area contributed by atoms with Gasteiger partial charge in [-0.05, 0) is 39.0 Å². The summed E-state index contributed by atoms with van der Waals surface area (Å²) in [5.74, 6) is 0.249. The predicted octanol–water partition coefficient (Wildman–Crippen LogP) is 2.63. The highest BCUT2D eigenvalue weighted by molar-refractivity contribution is 6.30. The van der Waals surface area contributed by atoms with E-state index in [4.69, 9.17) is 16.3 Å². The summed E-state index contributed by atoms with van der Waals surface area (Å²) in [6, 6.07) is 5.05. The summed E-state index contributed by atoms with van der Waals surface area (Å²) in [6.07, 6.45) is 0. The lowest BCUT2D eigenvalue weighted by Crippen LogP contribution is -2.52. The Morgan fingerprint density at radius 3 is 2.68 bits per heavy atom. The molecule has 0 aromatic heterocycles. The zero-order valence-electron chi connectivity index (χ0n) is 11.2. The van der Waals surface area contributed by atoms with Gasteiger partial charge >= 0.3 is 0 Å². The van der Waals surface area contributed by atoms with Gasteiger partial charge in [-0.2, -0.15) is 0 Å². The lowest BCUT2D eigenvalue weighted by molar-refractivity contribution is -0.132. The van der Waals surface area contributed by atoms with Gasteiger partial charge in [-0.3, -0.25) is 9.59 Å². The van der Waals surface area contributed by atoms with E-state index in [0.717, 1.165) is 0 Å². The maximum absolute atomic E-state index is 12.3. The van der Waals surface area contributed by atoms with Crippen LogP contribution in [-0.4, -0.2) is 29.7 Å². The van der Waals surface area contributed by atoms with Gasteiger partial charge in [0.15, 0.2) is 11.4 Å². The highest BCUT2D eigenvalue weighted by Gasteiger charge is 2.40. The average Bonchev–Trinajstić information content (AvgIpc) is 2.38. The van der Waals surface area contributed by atoms with Crippen molar-refractivity contribution < 1.29 is 14.3 Å². The Morgan fingerprint density at radius 2 is 2.11 bits per heavy atom. The fourth-order valence-corrected chi connectivity index (χ4v) is 2.29. The topological polar surface area (TPSA) is 46.6 Å². The minimum Gasteiger partial charge on any atom is -0.476 e. The molecular weight excluding hydrogens is 266 g/mol. The molecule has 102 valence electrons. The van der Waals surface area contributed by atoms with Crippen LogP contribution in [-0.2, 0) is 4.79 Å². The first kappa shape index (κ1) is 13.9. The van der Waals surface area contributed by atoms with Crippen LogP contribution in [0.2, 0.25) is 0 Å². The van der Waals surface area contributed by atoms with Gasteiger partial charge < -0.3 is 9.64 Å². The fourth-order valence-electron chi connectivity index (χ4n) is 2.13. The molecule has 1 aliphatic heterocycles. The summed E-state index contributed by atoms with van der Waals surface area (Å²) in [6.45, 7) is 5.88. The Morgan fingerprint density at radius 1 is 1.42 bits per heavy atom. The number of anilines is 1. The summed E-state index contributed by atoms with van der Waals surface area (Å²) in [5.41, 5.74) is 0.229. The maximum atomic E-state index is 12.3. The third-order valence-electron chi connectivity index (χ3n) is 3.13. The van der Waals surface area contributed by atoms with Crippen molar-refractivity contribution >= 4 is 29.0 Å². The van der Waals surface area contributed by atoms with Crippen LogP contribution in [0.1, 0.15) is 31.1 Å². The van der Waals surface area contributed by atoms with Crippen molar-refractivity contribution in [1.29, 1.82) is 0 Å². The number of rotatable bonds is 3. The molecule has 1 aliphatic rings. The molecule has 0 unspecified atom stereocenters. The quantitative estimate of drug-likeness (QED) is 0.632. The zero-order chi connectivity index (χ0) is 14.2. The summed E-state index contributed by atoms with van der Waals surface area (Å²) in [5, 5.41) is 0. The molecule has 0 saturated carbocycles. The number of hydrogen-bond donors (Lipinski definition) is 0. The van der Waals surface area contributed by atoms with Gasteiger partial charge in [0, 0.05) is 12.1 Å². The maximum Gasteiger partial charge on any atom is 0.270 e. The second-order valence-electron chi connectivity index (χ2n) is 4.90. The van der Waals surface area contributed by atoms with Crippen molar-refractivity contribution in [2.24, 2.45) is 0 Å². The zero-order valence-corrected chi connectivity index (χ0v) is 12.0. The van der Waals surface area contributed by atoms with Gasteiger partial charge in [0.1, 0.15) is 5.75 Å². The number of nitrogens with zero attached hydrogens (tertiary/aromatic N) is 1. The molecule has 2 rings (SSSR count). The Hall–Kier alpha value is -1.55. The van der Waals surface area contributed by atoms with Crippen LogP contribution in [0.25, 0.3) is 0 Å². The third kappa shape index (κ3) is 2.32. The number of Topliss-reactive ketones (excluding diaryl/α,β-unsaturated/α-hetero) is 1. The molecule has 0 saturated heterocycles. The minimum atomic E-state index is -0.888. The molecular formula is C14H16ClNO3. The van der Waals surface area contributed by atoms with Crippen LogP contribution in [0.3, 0.4) is 0 Å². The number of likely N-dealkylation sites (N-methyl/N-ethyl adjacent to an activating group) is 1. The summed E-state index contributed by atoms with van der Waals surface area (Å²) in [4.78, 5) is 25.5. The Bertz CT molecular complexity index is 539. The first-order valence-electron chi connectivity index (χ1n) is 6.15. The van der Waals surface area contributed by atoms with Gasteiger partial charge in [0.05, 0.1) is 11.6 Å². The Kier molecular flexibility index (Phi) is 3.54. The van der Waals surface area contributed by atoms with Crippen molar-refractivity contribution in [2.75, 3.05) is 17.3 Å². The normalized spacial score (nSPS) is 16.8. The summed E-state index contributed by atoms with van der Waals surface area (Å²) >= 11 is 5.55. The molecule has 19 heavy (non-hydrogen) atoms. The highest BCUT2D eigenvalue weighted by atomic mass is 35.5. The van der Waals surface area contributed by atoms with E-state index in [0.29, 0.717) is 23.5 Å². The number of fused-ring (bicyclic) bond motifs is 1. The Labute approximate surface area is 117 Å². The van der Waals surface area contributed by atoms with Crippen molar-refractivity contribution in [3.63, 3.8) is 0 Å². The molecule has 0 spiro atoms. The molecule has 0 bridgehead atoms. The van der Waals surface area contributed by atoms with E-state index in [1.165, 1.54) is 0 Å². The molecule has 4 nitrogen and oxygen atoms in total. The molecule has 0 aliphatic carbocycles. The van der Waals surface area contributed by atoms with E-state index in [-0.39, 0.29) is 17.6 Å². The van der Waals surface area contributed by atoms with Crippen molar-refractivity contribution in [3.05, 3.63) is 23.8 Å². The SMILES string of the molecule is CCN1C(=O)C(C)(C)Oc2ccc(C(=O)CCl)cc21. The molecule has 1 aromatic carbocycles. The van der Waals surface area contributed by atoms with Gasteiger partial charge in [-0.1, -0.05) is 0 Å². The van der Waals surface area contributed by atoms with E-state index >= 15 is 0 Å². The van der Waals surface area contributed by atoms with E-state index in [2.05, 4.69) is 0 Å². The lowest BCUT2D eigenvalue weighted by atomic mass is 10.0. The highest BCUT2D eigenvalue weighted by Crippen LogP contribution is 2.38. The number of amides is 1. The van der Waals surface area contributed by atoms with E-state index < -0.39 is 5.60 Å². The van der Waals surface area contributed by atoms with Crippen LogP contribution in [0.15, 0.2) is 18.2 Å². The van der Waals surface area contributed by atoms with E-state index in [9.17, 15) is 9.59 Å². The molecule has 0 radical (unpaired) electrons. The Balaban J connectivity index is 2.52. The standard InChI is InChI=1S/C14H16ClNO3/c1-4-16-10-7-9(11(17)8-15)5-6-12(10)19-14(2,3)13(16)18/h5-7H,4,8H2,1-3H3. The summed E-state index contributed by atoms with van der Waals surface area (Å²) < 4.78 is 5.70. The van der Waals surface area contributed by atoms with Crippen LogP contribution >= 0.6 is 11.6 Å². The molecule has 0 fully saturated rings. The van der Waals surface area contributed by atoms with Crippen LogP contribution in [0.4, 0.5) is 5.69 Å². The van der Waals surface area contributed by atoms with Crippen molar-refractivity contribution in [1.82, 2.24) is 0 Å².